The minimum atomic E-state index is -0.561. The first-order valence-electron chi connectivity index (χ1n) is 11.2. The zero-order chi connectivity index (χ0) is 22.8. The molecule has 1 aliphatic carbocycles. The van der Waals surface area contributed by atoms with Crippen molar-refractivity contribution in [2.24, 2.45) is 0 Å². The van der Waals surface area contributed by atoms with E-state index in [0.29, 0.717) is 29.4 Å². The monoisotopic (exact) mass is 444 g/mol. The second-order valence-corrected chi connectivity index (χ2v) is 8.56. The van der Waals surface area contributed by atoms with Gasteiger partial charge >= 0.3 is 0 Å². The molecule has 7 heteroatoms. The number of benzene rings is 2. The largest absolute Gasteiger partial charge is 0.391 e. The Labute approximate surface area is 191 Å². The van der Waals surface area contributed by atoms with Crippen molar-refractivity contribution >= 4 is 16.8 Å². The number of amides is 1. The molecule has 4 aromatic rings. The average molecular weight is 445 g/mol. The van der Waals surface area contributed by atoms with Crippen molar-refractivity contribution in [2.75, 3.05) is 0 Å². The van der Waals surface area contributed by atoms with Gasteiger partial charge < -0.3 is 15.0 Å². The maximum atomic E-state index is 14.8. The summed E-state index contributed by atoms with van der Waals surface area (Å²) in [4.78, 5) is 21.2. The van der Waals surface area contributed by atoms with Gasteiger partial charge in [0.1, 0.15) is 12.1 Å². The second-order valence-electron chi connectivity index (χ2n) is 8.56. The van der Waals surface area contributed by atoms with Gasteiger partial charge in [0.2, 0.25) is 0 Å². The maximum absolute atomic E-state index is 14.8. The molecular weight excluding hydrogens is 419 g/mol. The highest BCUT2D eigenvalue weighted by Gasteiger charge is 2.27. The number of rotatable bonds is 5. The molecule has 1 fully saturated rings. The fourth-order valence-electron chi connectivity index (χ4n) is 4.58. The third-order valence-electron chi connectivity index (χ3n) is 6.35. The number of nitrogens with zero attached hydrogens (tertiary/aromatic N) is 3. The molecule has 0 radical (unpaired) electrons. The van der Waals surface area contributed by atoms with E-state index >= 15 is 0 Å². The third kappa shape index (κ3) is 4.36. The molecule has 168 valence electrons. The minimum Gasteiger partial charge on any atom is -0.391 e. The Balaban J connectivity index is 1.43. The molecule has 1 saturated carbocycles. The van der Waals surface area contributed by atoms with Crippen molar-refractivity contribution in [3.63, 3.8) is 0 Å². The topological polar surface area (TPSA) is 80.0 Å². The first-order chi connectivity index (χ1) is 16.1. The van der Waals surface area contributed by atoms with Crippen molar-refractivity contribution in [3.8, 4) is 11.1 Å². The number of nitrogens with one attached hydrogen (secondary N) is 1. The van der Waals surface area contributed by atoms with Gasteiger partial charge in [-0.25, -0.2) is 14.4 Å². The summed E-state index contributed by atoms with van der Waals surface area (Å²) in [6, 6.07) is 12.6. The standard InChI is InChI=1S/C26H25FN4O2/c27-21-4-3-6-23-25(21)20(26(33)30-22-5-1-2-7-24(22)32)15-31(23)14-17-8-10-18(11-9-17)19-12-28-16-29-13-19/h3-4,6,8-13,15-16,22,24,32H,1-2,5,7,14H2,(H,30,33). The average Bonchev–Trinajstić information content (AvgIpc) is 3.21. The number of carbonyl (C=O) groups excluding carboxylic acids is 1. The number of halogens is 1. The molecule has 2 aromatic carbocycles. The van der Waals surface area contributed by atoms with E-state index in [0.717, 1.165) is 36.0 Å². The summed E-state index contributed by atoms with van der Waals surface area (Å²) in [5.41, 5.74) is 3.91. The third-order valence-corrected chi connectivity index (χ3v) is 6.35. The molecule has 5 rings (SSSR count). The van der Waals surface area contributed by atoms with Crippen LogP contribution in [-0.2, 0) is 6.54 Å². The van der Waals surface area contributed by atoms with E-state index in [-0.39, 0.29) is 11.9 Å². The molecule has 2 N–H and O–H groups in total. The van der Waals surface area contributed by atoms with Crippen molar-refractivity contribution in [3.05, 3.63) is 84.3 Å². The van der Waals surface area contributed by atoms with Gasteiger partial charge in [-0.2, -0.15) is 0 Å². The summed E-state index contributed by atoms with van der Waals surface area (Å²) in [6.45, 7) is 0.491. The normalized spacial score (nSPS) is 18.4. The van der Waals surface area contributed by atoms with Gasteiger partial charge in [-0.15, -0.1) is 0 Å². The Bertz CT molecular complexity index is 1270. The maximum Gasteiger partial charge on any atom is 0.253 e. The van der Waals surface area contributed by atoms with Crippen LogP contribution in [0.5, 0.6) is 0 Å². The van der Waals surface area contributed by atoms with Crippen LogP contribution in [0, 0.1) is 5.82 Å². The van der Waals surface area contributed by atoms with E-state index in [1.165, 1.54) is 12.4 Å². The number of carbonyl (C=O) groups is 1. The van der Waals surface area contributed by atoms with Gasteiger partial charge in [0.05, 0.1) is 23.2 Å². The number of aromatic nitrogens is 3. The lowest BCUT2D eigenvalue weighted by molar-refractivity contribution is 0.0718. The smallest absolute Gasteiger partial charge is 0.253 e. The fourth-order valence-corrected chi connectivity index (χ4v) is 4.58. The number of aliphatic hydroxyl groups excluding tert-OH is 1. The van der Waals surface area contributed by atoms with E-state index in [9.17, 15) is 14.3 Å². The molecule has 1 aliphatic rings. The predicted molar refractivity (Wildman–Crippen MR) is 124 cm³/mol. The summed E-state index contributed by atoms with van der Waals surface area (Å²) in [5.74, 6) is -0.783. The van der Waals surface area contributed by atoms with Crippen LogP contribution < -0.4 is 5.32 Å². The highest BCUT2D eigenvalue weighted by Crippen LogP contribution is 2.27. The van der Waals surface area contributed by atoms with Crippen LogP contribution in [0.3, 0.4) is 0 Å². The molecule has 33 heavy (non-hydrogen) atoms. The molecule has 2 aromatic heterocycles. The number of fused-ring (bicyclic) bond motifs is 1. The molecule has 1 amide bonds. The number of aliphatic hydroxyl groups is 1. The quantitative estimate of drug-likeness (QED) is 0.481. The fraction of sp³-hybridized carbons (Fsp3) is 0.269. The lowest BCUT2D eigenvalue weighted by Gasteiger charge is -2.28. The molecule has 0 saturated heterocycles. The first-order valence-corrected chi connectivity index (χ1v) is 11.2. The number of hydrogen-bond donors (Lipinski definition) is 2. The zero-order valence-corrected chi connectivity index (χ0v) is 18.1. The van der Waals surface area contributed by atoms with E-state index < -0.39 is 11.9 Å². The van der Waals surface area contributed by atoms with Crippen LogP contribution in [0.4, 0.5) is 4.39 Å². The lowest BCUT2D eigenvalue weighted by atomic mass is 9.92. The minimum absolute atomic E-state index is 0.291. The molecule has 0 aliphatic heterocycles. The second kappa shape index (κ2) is 9.11. The van der Waals surface area contributed by atoms with E-state index in [1.54, 1.807) is 24.7 Å². The van der Waals surface area contributed by atoms with Gasteiger partial charge in [0.15, 0.2) is 0 Å². The lowest BCUT2D eigenvalue weighted by Crippen LogP contribution is -2.45. The van der Waals surface area contributed by atoms with E-state index in [2.05, 4.69) is 15.3 Å². The molecule has 0 spiro atoms. The van der Waals surface area contributed by atoms with Crippen molar-refractivity contribution in [2.45, 2.75) is 44.4 Å². The summed E-state index contributed by atoms with van der Waals surface area (Å²) in [5, 5.41) is 13.5. The van der Waals surface area contributed by atoms with Gasteiger partial charge in [0.25, 0.3) is 5.91 Å². The summed E-state index contributed by atoms with van der Waals surface area (Å²) >= 11 is 0. The Morgan fingerprint density at radius 1 is 1.06 bits per heavy atom. The van der Waals surface area contributed by atoms with Crippen LogP contribution in [0.1, 0.15) is 41.6 Å². The Hall–Kier alpha value is -3.58. The molecule has 2 unspecified atom stereocenters. The highest BCUT2D eigenvalue weighted by atomic mass is 19.1. The van der Waals surface area contributed by atoms with Crippen LogP contribution in [0.2, 0.25) is 0 Å². The Kier molecular flexibility index (Phi) is 5.88. The van der Waals surface area contributed by atoms with Crippen LogP contribution in [0.15, 0.2) is 67.4 Å². The zero-order valence-electron chi connectivity index (χ0n) is 18.1. The van der Waals surface area contributed by atoms with Gasteiger partial charge in [0, 0.05) is 36.1 Å². The Morgan fingerprint density at radius 3 is 2.58 bits per heavy atom. The van der Waals surface area contributed by atoms with Gasteiger partial charge in [-0.05, 0) is 36.1 Å². The molecule has 0 bridgehead atoms. The van der Waals surface area contributed by atoms with E-state index in [1.807, 2.05) is 34.9 Å². The predicted octanol–water partition coefficient (Wildman–Crippen LogP) is 4.32. The van der Waals surface area contributed by atoms with Crippen LogP contribution in [0.25, 0.3) is 22.0 Å². The van der Waals surface area contributed by atoms with Crippen molar-refractivity contribution < 1.29 is 14.3 Å². The van der Waals surface area contributed by atoms with E-state index in [4.69, 9.17) is 0 Å². The van der Waals surface area contributed by atoms with Crippen molar-refractivity contribution in [1.82, 2.24) is 19.9 Å². The van der Waals surface area contributed by atoms with Gasteiger partial charge in [-0.3, -0.25) is 4.79 Å². The molecular formula is C26H25FN4O2. The highest BCUT2D eigenvalue weighted by molar-refractivity contribution is 6.07. The van der Waals surface area contributed by atoms with Gasteiger partial charge in [-0.1, -0.05) is 43.2 Å². The number of hydrogen-bond acceptors (Lipinski definition) is 4. The van der Waals surface area contributed by atoms with Crippen LogP contribution in [-0.4, -0.2) is 37.7 Å². The molecule has 2 heterocycles. The molecule has 6 nitrogen and oxygen atoms in total. The molecule has 2 atom stereocenters. The first kappa shape index (κ1) is 21.3. The summed E-state index contributed by atoms with van der Waals surface area (Å²) < 4.78 is 16.7. The summed E-state index contributed by atoms with van der Waals surface area (Å²) in [7, 11) is 0. The SMILES string of the molecule is O=C(NC1CCCCC1O)c1cn(Cc2ccc(-c3cncnc3)cc2)c2cccc(F)c12. The van der Waals surface area contributed by atoms with Crippen molar-refractivity contribution in [1.29, 1.82) is 0 Å². The van der Waals surface area contributed by atoms with Crippen LogP contribution >= 0.6 is 0 Å². The summed E-state index contributed by atoms with van der Waals surface area (Å²) in [6.07, 6.45) is 9.49. The Morgan fingerprint density at radius 2 is 1.82 bits per heavy atom.